The van der Waals surface area contributed by atoms with Gasteiger partial charge in [-0.3, -0.25) is 28.5 Å². The zero-order valence-corrected chi connectivity index (χ0v) is 31.3. The second kappa shape index (κ2) is 17.7. The lowest BCUT2D eigenvalue weighted by Gasteiger charge is -2.49. The second-order valence-corrected chi connectivity index (χ2v) is 16.0. The molecule has 1 fully saturated rings. The monoisotopic (exact) mass is 731 g/mol. The number of likely N-dealkylation sites (tertiary alicyclic amines) is 1. The Morgan fingerprint density at radius 2 is 1.56 bits per heavy atom. The van der Waals surface area contributed by atoms with E-state index in [1.54, 1.807) is 41.5 Å². The molecule has 2 aliphatic rings. The van der Waals surface area contributed by atoms with E-state index in [9.17, 15) is 38.5 Å². The Kier molecular flexibility index (Phi) is 15.2. The van der Waals surface area contributed by atoms with Gasteiger partial charge in [-0.15, -0.1) is 0 Å². The number of nitrogens with zero attached hydrogens (tertiary/aromatic N) is 2. The van der Waals surface area contributed by atoms with Crippen molar-refractivity contribution in [3.8, 4) is 0 Å². The summed E-state index contributed by atoms with van der Waals surface area (Å²) in [7, 11) is -4.02. The second-order valence-electron chi connectivity index (χ2n) is 13.6. The number of carbonyl (C=O) groups excluding carboxylic acids is 5. The van der Waals surface area contributed by atoms with Crippen LogP contribution in [0.4, 0.5) is 0 Å². The molecule has 4 amide bonds. The molecule has 0 aliphatic carbocycles. The standard InChI is InChI=1S/C32H54N5O12P/c1-10-47-50(46,48-11-2)32(9)18-22(17-31(7,8)37(32)45)49-30(44)26(19(3)4)35-28(42)23-13-12-16-36(23)29(43)21(6)34-27(41)20(5)33-24(38)14-15-25(39)40/h18-21,23,26,45H,10-17H2,1-9H3,(H,33,38)(H,34,41)(H,35,42)(H,39,40)/t20-,21-,23-,26-,32?/m0/s1. The van der Waals surface area contributed by atoms with Crippen molar-refractivity contribution in [2.24, 2.45) is 5.92 Å². The van der Waals surface area contributed by atoms with Crippen LogP contribution in [0.1, 0.15) is 94.4 Å². The molecule has 1 unspecified atom stereocenters. The summed E-state index contributed by atoms with van der Waals surface area (Å²) in [5.41, 5.74) is -1.07. The third-order valence-electron chi connectivity index (χ3n) is 8.55. The minimum atomic E-state index is -4.02. The highest BCUT2D eigenvalue weighted by Gasteiger charge is 2.57. The van der Waals surface area contributed by atoms with Crippen LogP contribution in [0.25, 0.3) is 0 Å². The van der Waals surface area contributed by atoms with Crippen LogP contribution in [-0.4, -0.2) is 111 Å². The van der Waals surface area contributed by atoms with Gasteiger partial charge in [0.15, 0.2) is 5.28 Å². The Morgan fingerprint density at radius 3 is 2.10 bits per heavy atom. The molecule has 0 radical (unpaired) electrons. The number of carboxylic acids is 1. The van der Waals surface area contributed by atoms with E-state index in [4.69, 9.17) is 18.9 Å². The SMILES string of the molecule is CCOP(=O)(OCC)C1(C)C=C(OC(=O)[C@@H](NC(=O)[C@@H]2CCCN2C(=O)[C@H](C)NC(=O)[C@H](C)NC(=O)CCC(=O)O)C(C)C)CC(C)(C)N1O. The highest BCUT2D eigenvalue weighted by molar-refractivity contribution is 7.55. The molecule has 5 N–H and O–H groups in total. The van der Waals surface area contributed by atoms with E-state index in [0.29, 0.717) is 12.8 Å². The van der Waals surface area contributed by atoms with Gasteiger partial charge in [0, 0.05) is 24.9 Å². The number of amides is 4. The molecule has 50 heavy (non-hydrogen) atoms. The molecule has 0 aromatic rings. The van der Waals surface area contributed by atoms with Crippen LogP contribution in [0.15, 0.2) is 11.8 Å². The molecule has 284 valence electrons. The van der Waals surface area contributed by atoms with E-state index < -0.39 is 90.5 Å². The first kappa shape index (κ1) is 42.8. The predicted molar refractivity (Wildman–Crippen MR) is 179 cm³/mol. The minimum absolute atomic E-state index is 0.0326. The van der Waals surface area contributed by atoms with Crippen molar-refractivity contribution in [2.75, 3.05) is 19.8 Å². The number of carbonyl (C=O) groups is 6. The van der Waals surface area contributed by atoms with Crippen LogP contribution in [0.5, 0.6) is 0 Å². The topological polar surface area (TPSA) is 230 Å². The zero-order valence-electron chi connectivity index (χ0n) is 30.4. The van der Waals surface area contributed by atoms with Crippen molar-refractivity contribution in [2.45, 2.75) is 129 Å². The number of carboxylic acid groups (broad SMARTS) is 1. The number of rotatable bonds is 17. The van der Waals surface area contributed by atoms with Gasteiger partial charge < -0.3 is 44.9 Å². The van der Waals surface area contributed by atoms with Crippen molar-refractivity contribution in [3.63, 3.8) is 0 Å². The van der Waals surface area contributed by atoms with Gasteiger partial charge in [0.05, 0.1) is 19.6 Å². The first-order valence-electron chi connectivity index (χ1n) is 16.9. The van der Waals surface area contributed by atoms with Gasteiger partial charge in [0.25, 0.3) is 0 Å². The highest BCUT2D eigenvalue weighted by atomic mass is 31.2. The van der Waals surface area contributed by atoms with E-state index in [1.165, 1.54) is 31.7 Å². The molecular weight excluding hydrogens is 677 g/mol. The first-order valence-corrected chi connectivity index (χ1v) is 18.4. The Hall–Kier alpha value is -3.37. The molecule has 2 rings (SSSR count). The molecule has 0 saturated carbocycles. The average molecular weight is 732 g/mol. The Labute approximate surface area is 293 Å². The number of hydroxylamine groups is 2. The lowest BCUT2D eigenvalue weighted by atomic mass is 9.92. The van der Waals surface area contributed by atoms with Crippen LogP contribution in [0, 0.1) is 5.92 Å². The number of nitrogens with one attached hydrogen (secondary N) is 3. The van der Waals surface area contributed by atoms with Gasteiger partial charge in [-0.1, -0.05) is 13.8 Å². The molecule has 0 aromatic carbocycles. The molecule has 0 bridgehead atoms. The van der Waals surface area contributed by atoms with E-state index >= 15 is 0 Å². The normalized spacial score (nSPS) is 22.6. The van der Waals surface area contributed by atoms with E-state index in [0.717, 1.165) is 5.06 Å². The van der Waals surface area contributed by atoms with Gasteiger partial charge in [-0.25, -0.2) is 4.79 Å². The van der Waals surface area contributed by atoms with Crippen LogP contribution >= 0.6 is 7.60 Å². The van der Waals surface area contributed by atoms with Crippen molar-refractivity contribution in [1.82, 2.24) is 25.9 Å². The Bertz CT molecular complexity index is 1360. The molecular formula is C32H54N5O12P. The number of ether oxygens (including phenoxy) is 1. The maximum absolute atomic E-state index is 13.9. The Morgan fingerprint density at radius 1 is 0.960 bits per heavy atom. The van der Waals surface area contributed by atoms with Crippen molar-refractivity contribution in [3.05, 3.63) is 11.8 Å². The predicted octanol–water partition coefficient (Wildman–Crippen LogP) is 2.28. The van der Waals surface area contributed by atoms with Crippen LogP contribution in [0.3, 0.4) is 0 Å². The van der Waals surface area contributed by atoms with Crippen molar-refractivity contribution >= 4 is 43.2 Å². The van der Waals surface area contributed by atoms with Crippen molar-refractivity contribution in [1.29, 1.82) is 0 Å². The fourth-order valence-corrected chi connectivity index (χ4v) is 8.00. The number of aliphatic carboxylic acids is 1. The summed E-state index contributed by atoms with van der Waals surface area (Å²) in [6, 6.07) is -4.19. The third kappa shape index (κ3) is 10.3. The molecule has 1 saturated heterocycles. The fourth-order valence-electron chi connectivity index (χ4n) is 5.92. The van der Waals surface area contributed by atoms with Gasteiger partial charge in [-0.05, 0) is 73.3 Å². The maximum Gasteiger partial charge on any atom is 0.356 e. The third-order valence-corrected chi connectivity index (χ3v) is 11.2. The molecule has 5 atom stereocenters. The summed E-state index contributed by atoms with van der Waals surface area (Å²) in [5.74, 6) is -4.74. The molecule has 0 spiro atoms. The molecule has 17 nitrogen and oxygen atoms in total. The summed E-state index contributed by atoms with van der Waals surface area (Å²) >= 11 is 0. The summed E-state index contributed by atoms with van der Waals surface area (Å²) in [6.45, 7) is 14.6. The maximum atomic E-state index is 13.9. The van der Waals surface area contributed by atoms with E-state index in [2.05, 4.69) is 16.0 Å². The Balaban J connectivity index is 2.18. The molecule has 18 heteroatoms. The summed E-state index contributed by atoms with van der Waals surface area (Å²) in [5, 5.41) is 26.7. The largest absolute Gasteiger partial charge is 0.481 e. The first-order chi connectivity index (χ1) is 23.1. The van der Waals surface area contributed by atoms with Gasteiger partial charge >= 0.3 is 19.5 Å². The van der Waals surface area contributed by atoms with E-state index in [1.807, 2.05) is 0 Å². The average Bonchev–Trinajstić information content (AvgIpc) is 3.51. The quantitative estimate of drug-likeness (QED) is 0.107. The smallest absolute Gasteiger partial charge is 0.356 e. The van der Waals surface area contributed by atoms with Crippen molar-refractivity contribution < 1.29 is 57.4 Å². The lowest BCUT2D eigenvalue weighted by molar-refractivity contribution is -0.205. The minimum Gasteiger partial charge on any atom is -0.481 e. The highest BCUT2D eigenvalue weighted by Crippen LogP contribution is 2.64. The lowest BCUT2D eigenvalue weighted by Crippen LogP contribution is -2.58. The summed E-state index contributed by atoms with van der Waals surface area (Å²) < 4.78 is 30.8. The summed E-state index contributed by atoms with van der Waals surface area (Å²) in [4.78, 5) is 77.1. The molecule has 0 aromatic heterocycles. The summed E-state index contributed by atoms with van der Waals surface area (Å²) in [6.07, 6.45) is 1.49. The number of hydrogen-bond acceptors (Lipinski definition) is 12. The van der Waals surface area contributed by atoms with Crippen LogP contribution in [-0.2, 0) is 47.1 Å². The van der Waals surface area contributed by atoms with Crippen LogP contribution in [0.2, 0.25) is 0 Å². The number of esters is 1. The molecule has 2 heterocycles. The van der Waals surface area contributed by atoms with Gasteiger partial charge in [0.2, 0.25) is 23.6 Å². The fraction of sp³-hybridized carbons (Fsp3) is 0.750. The van der Waals surface area contributed by atoms with Crippen LogP contribution < -0.4 is 16.0 Å². The zero-order chi connectivity index (χ0) is 38.2. The van der Waals surface area contributed by atoms with Gasteiger partial charge in [0.1, 0.15) is 29.9 Å². The molecule has 2 aliphatic heterocycles. The van der Waals surface area contributed by atoms with E-state index in [-0.39, 0.29) is 38.4 Å². The van der Waals surface area contributed by atoms with Gasteiger partial charge in [-0.2, -0.15) is 5.06 Å². The number of hydrogen-bond donors (Lipinski definition) is 5.